The Hall–Kier alpha value is -2.68. The Morgan fingerprint density at radius 1 is 1.16 bits per heavy atom. The average Bonchev–Trinajstić information content (AvgIpc) is 3.33. The minimum absolute atomic E-state index is 0.143. The van der Waals surface area contributed by atoms with E-state index in [0.29, 0.717) is 21.1 Å². The van der Waals surface area contributed by atoms with Crippen LogP contribution < -0.4 is 5.32 Å². The second-order valence-corrected chi connectivity index (χ2v) is 9.70. The molecule has 9 heteroatoms. The van der Waals surface area contributed by atoms with Crippen molar-refractivity contribution in [2.45, 2.75) is 25.9 Å². The number of aromatic nitrogens is 4. The molecule has 4 aromatic rings. The van der Waals surface area contributed by atoms with Gasteiger partial charge in [0.1, 0.15) is 0 Å². The molecule has 0 radical (unpaired) electrons. The van der Waals surface area contributed by atoms with Crippen LogP contribution >= 0.6 is 34.7 Å². The number of rotatable bonds is 6. The molecular weight excluding hydrogens is 462 g/mol. The van der Waals surface area contributed by atoms with Crippen LogP contribution in [0.5, 0.6) is 0 Å². The first-order chi connectivity index (χ1) is 15.3. The zero-order valence-electron chi connectivity index (χ0n) is 18.1. The predicted octanol–water partition coefficient (Wildman–Crippen LogP) is 5.92. The van der Waals surface area contributed by atoms with E-state index in [1.807, 2.05) is 41.3 Å². The molecule has 2 aromatic carbocycles. The maximum Gasteiger partial charge on any atom is 0.236 e. The van der Waals surface area contributed by atoms with Gasteiger partial charge in [-0.1, -0.05) is 53.2 Å². The molecule has 2 aromatic heterocycles. The molecule has 0 fully saturated rings. The van der Waals surface area contributed by atoms with Crippen LogP contribution in [-0.2, 0) is 11.8 Å². The van der Waals surface area contributed by atoms with Gasteiger partial charge >= 0.3 is 0 Å². The number of amides is 1. The third kappa shape index (κ3) is 4.72. The van der Waals surface area contributed by atoms with Crippen LogP contribution in [0.15, 0.2) is 46.9 Å². The summed E-state index contributed by atoms with van der Waals surface area (Å²) in [6, 6.07) is 11.8. The van der Waals surface area contributed by atoms with Crippen LogP contribution in [0.25, 0.3) is 22.6 Å². The number of thioether (sulfide) groups is 1. The van der Waals surface area contributed by atoms with Crippen LogP contribution in [0.4, 0.5) is 5.13 Å². The van der Waals surface area contributed by atoms with Gasteiger partial charge in [-0.3, -0.25) is 4.79 Å². The molecule has 164 valence electrons. The lowest BCUT2D eigenvalue weighted by Crippen LogP contribution is -2.14. The van der Waals surface area contributed by atoms with E-state index < -0.39 is 0 Å². The molecular formula is C23H22ClN5OS2. The van der Waals surface area contributed by atoms with E-state index in [9.17, 15) is 4.79 Å². The maximum atomic E-state index is 12.5. The van der Waals surface area contributed by atoms with Gasteiger partial charge in [0.2, 0.25) is 5.91 Å². The predicted molar refractivity (Wildman–Crippen MR) is 133 cm³/mol. The van der Waals surface area contributed by atoms with Gasteiger partial charge in [-0.2, -0.15) is 0 Å². The van der Waals surface area contributed by atoms with Crippen molar-refractivity contribution in [2.75, 3.05) is 11.1 Å². The van der Waals surface area contributed by atoms with Gasteiger partial charge in [-0.25, -0.2) is 4.98 Å². The van der Waals surface area contributed by atoms with Crippen molar-refractivity contribution in [3.8, 4) is 22.6 Å². The molecule has 2 heterocycles. The fourth-order valence-electron chi connectivity index (χ4n) is 3.63. The molecule has 0 aliphatic rings. The van der Waals surface area contributed by atoms with Crippen LogP contribution in [0, 0.1) is 20.8 Å². The summed E-state index contributed by atoms with van der Waals surface area (Å²) in [5, 5.41) is 15.1. The van der Waals surface area contributed by atoms with Gasteiger partial charge in [-0.05, 0) is 44.0 Å². The minimum atomic E-state index is -0.143. The Bertz CT molecular complexity index is 1270. The number of thiazole rings is 1. The fourth-order valence-corrected chi connectivity index (χ4v) is 5.28. The average molecular weight is 484 g/mol. The number of aryl methyl sites for hydroxylation is 3. The largest absolute Gasteiger partial charge is 0.305 e. The highest BCUT2D eigenvalue weighted by Crippen LogP contribution is 2.31. The van der Waals surface area contributed by atoms with Gasteiger partial charge in [0.15, 0.2) is 16.1 Å². The lowest BCUT2D eigenvalue weighted by Gasteiger charge is -2.08. The lowest BCUT2D eigenvalue weighted by atomic mass is 9.98. The number of nitrogens with one attached hydrogen (secondary N) is 1. The molecule has 1 amide bonds. The van der Waals surface area contributed by atoms with Crippen molar-refractivity contribution >= 4 is 45.7 Å². The van der Waals surface area contributed by atoms with E-state index in [1.165, 1.54) is 39.8 Å². The number of carbonyl (C=O) groups is 1. The summed E-state index contributed by atoms with van der Waals surface area (Å²) in [5.74, 6) is 0.717. The summed E-state index contributed by atoms with van der Waals surface area (Å²) in [6.45, 7) is 6.26. The molecule has 0 aliphatic heterocycles. The Balaban J connectivity index is 1.41. The van der Waals surface area contributed by atoms with Gasteiger partial charge in [0.25, 0.3) is 0 Å². The molecule has 4 rings (SSSR count). The van der Waals surface area contributed by atoms with E-state index in [2.05, 4.69) is 53.4 Å². The van der Waals surface area contributed by atoms with Gasteiger partial charge in [-0.15, -0.1) is 21.5 Å². The Labute approximate surface area is 200 Å². The lowest BCUT2D eigenvalue weighted by molar-refractivity contribution is -0.113. The number of halogens is 1. The van der Waals surface area contributed by atoms with E-state index >= 15 is 0 Å². The standard InChI is InChI=1S/C23H22ClN5OS2/c1-13-9-14(2)20(15(3)10-13)18-11-31-22(25-18)26-19(30)12-32-23-28-27-21(29(23)4)16-7-5-6-8-17(16)24/h5-11H,12H2,1-4H3,(H,25,26,30). The second-order valence-electron chi connectivity index (χ2n) is 7.49. The molecule has 0 spiro atoms. The summed E-state index contributed by atoms with van der Waals surface area (Å²) in [6.07, 6.45) is 0. The van der Waals surface area contributed by atoms with Gasteiger partial charge in [0, 0.05) is 23.6 Å². The molecule has 0 unspecified atom stereocenters. The summed E-state index contributed by atoms with van der Waals surface area (Å²) in [7, 11) is 1.86. The first-order valence-corrected chi connectivity index (χ1v) is 12.2. The van der Waals surface area contributed by atoms with Gasteiger partial charge < -0.3 is 9.88 Å². The third-order valence-electron chi connectivity index (χ3n) is 4.97. The van der Waals surface area contributed by atoms with E-state index in [-0.39, 0.29) is 11.7 Å². The Morgan fingerprint density at radius 3 is 2.59 bits per heavy atom. The van der Waals surface area contributed by atoms with Gasteiger partial charge in [0.05, 0.1) is 16.5 Å². The first kappa shape index (κ1) is 22.5. The second kappa shape index (κ2) is 9.44. The molecule has 1 N–H and O–H groups in total. The van der Waals surface area contributed by atoms with Crippen molar-refractivity contribution in [1.29, 1.82) is 0 Å². The van der Waals surface area contributed by atoms with E-state index in [1.54, 1.807) is 0 Å². The van der Waals surface area contributed by atoms with E-state index in [4.69, 9.17) is 11.6 Å². The highest BCUT2D eigenvalue weighted by atomic mass is 35.5. The number of carbonyl (C=O) groups excluding carboxylic acids is 1. The molecule has 32 heavy (non-hydrogen) atoms. The topological polar surface area (TPSA) is 72.7 Å². The first-order valence-electron chi connectivity index (χ1n) is 9.94. The van der Waals surface area contributed by atoms with Crippen molar-refractivity contribution in [1.82, 2.24) is 19.7 Å². The third-order valence-corrected chi connectivity index (χ3v) is 7.07. The molecule has 0 saturated heterocycles. The normalized spacial score (nSPS) is 11.0. The van der Waals surface area contributed by atoms with Crippen LogP contribution in [0.1, 0.15) is 16.7 Å². The zero-order valence-corrected chi connectivity index (χ0v) is 20.5. The SMILES string of the molecule is Cc1cc(C)c(-c2csc(NC(=O)CSc3nnc(-c4ccccc4Cl)n3C)n2)c(C)c1. The Morgan fingerprint density at radius 2 is 1.88 bits per heavy atom. The van der Waals surface area contributed by atoms with Crippen molar-refractivity contribution in [3.63, 3.8) is 0 Å². The zero-order chi connectivity index (χ0) is 22.8. The van der Waals surface area contributed by atoms with Crippen LogP contribution in [-0.4, -0.2) is 31.4 Å². The fraction of sp³-hybridized carbons (Fsp3) is 0.217. The number of anilines is 1. The molecule has 0 atom stereocenters. The Kier molecular flexibility index (Phi) is 6.64. The van der Waals surface area contributed by atoms with Crippen molar-refractivity contribution < 1.29 is 4.79 Å². The van der Waals surface area contributed by atoms with E-state index in [0.717, 1.165) is 16.8 Å². The molecule has 6 nitrogen and oxygen atoms in total. The quantitative estimate of drug-likeness (QED) is 0.345. The highest BCUT2D eigenvalue weighted by molar-refractivity contribution is 7.99. The molecule has 0 aliphatic carbocycles. The van der Waals surface area contributed by atoms with Crippen molar-refractivity contribution in [2.24, 2.45) is 7.05 Å². The number of hydrogen-bond donors (Lipinski definition) is 1. The van der Waals surface area contributed by atoms with Crippen molar-refractivity contribution in [3.05, 3.63) is 63.5 Å². The summed E-state index contributed by atoms with van der Waals surface area (Å²) in [5.41, 5.74) is 6.39. The summed E-state index contributed by atoms with van der Waals surface area (Å²) >= 11 is 9.01. The monoisotopic (exact) mass is 483 g/mol. The molecule has 0 bridgehead atoms. The van der Waals surface area contributed by atoms with Crippen LogP contribution in [0.3, 0.4) is 0 Å². The highest BCUT2D eigenvalue weighted by Gasteiger charge is 2.16. The summed E-state index contributed by atoms with van der Waals surface area (Å²) < 4.78 is 1.84. The minimum Gasteiger partial charge on any atom is -0.305 e. The molecule has 0 saturated carbocycles. The maximum absolute atomic E-state index is 12.5. The number of hydrogen-bond acceptors (Lipinski definition) is 6. The smallest absolute Gasteiger partial charge is 0.236 e. The number of benzene rings is 2. The van der Waals surface area contributed by atoms with Crippen LogP contribution in [0.2, 0.25) is 5.02 Å². The number of nitrogens with zero attached hydrogens (tertiary/aromatic N) is 4. The summed E-state index contributed by atoms with van der Waals surface area (Å²) in [4.78, 5) is 17.1.